The first-order chi connectivity index (χ1) is 7.74. The van der Waals surface area contributed by atoms with Crippen molar-refractivity contribution in [3.63, 3.8) is 0 Å². The van der Waals surface area contributed by atoms with Gasteiger partial charge in [0.15, 0.2) is 5.78 Å². The molecule has 82 valence electrons. The molecule has 0 heterocycles. The molecule has 0 fully saturated rings. The Morgan fingerprint density at radius 1 is 1.31 bits per heavy atom. The third-order valence-electron chi connectivity index (χ3n) is 2.82. The van der Waals surface area contributed by atoms with E-state index in [1.807, 2.05) is 31.2 Å². The average Bonchev–Trinajstić information content (AvgIpc) is 2.30. The van der Waals surface area contributed by atoms with Gasteiger partial charge >= 0.3 is 0 Å². The molecule has 0 amide bonds. The van der Waals surface area contributed by atoms with Crippen LogP contribution in [0.5, 0.6) is 0 Å². The van der Waals surface area contributed by atoms with E-state index in [-0.39, 0.29) is 11.6 Å². The minimum Gasteiger partial charge on any atom is -0.299 e. The van der Waals surface area contributed by atoms with Crippen LogP contribution in [0.3, 0.4) is 0 Å². The predicted molar refractivity (Wildman–Crippen MR) is 63.2 cm³/mol. The van der Waals surface area contributed by atoms with Crippen LogP contribution in [0.25, 0.3) is 6.08 Å². The predicted octanol–water partition coefficient (Wildman–Crippen LogP) is 2.88. The van der Waals surface area contributed by atoms with Crippen molar-refractivity contribution >= 4 is 17.6 Å². The van der Waals surface area contributed by atoms with Crippen molar-refractivity contribution in [3.05, 3.63) is 41.5 Å². The van der Waals surface area contributed by atoms with Gasteiger partial charge in [-0.2, -0.15) is 0 Å². The smallest absolute Gasteiger partial charge is 0.177 e. The number of benzene rings is 1. The number of rotatable bonds is 3. The van der Waals surface area contributed by atoms with Crippen molar-refractivity contribution in [3.8, 4) is 0 Å². The minimum absolute atomic E-state index is 0.0262. The molecule has 0 bridgehead atoms. The maximum Gasteiger partial charge on any atom is 0.177 e. The maximum atomic E-state index is 12.1. The second-order valence-electron chi connectivity index (χ2n) is 4.00. The molecule has 1 aliphatic carbocycles. The molecule has 1 aliphatic rings. The van der Waals surface area contributed by atoms with Crippen LogP contribution >= 0.6 is 0 Å². The summed E-state index contributed by atoms with van der Waals surface area (Å²) in [5, 5.41) is 0. The maximum absolute atomic E-state index is 12.1. The number of ketones is 2. The highest BCUT2D eigenvalue weighted by molar-refractivity contribution is 6.15. The first kappa shape index (κ1) is 10.8. The zero-order valence-corrected chi connectivity index (χ0v) is 9.27. The molecule has 16 heavy (non-hydrogen) atoms. The van der Waals surface area contributed by atoms with Crippen LogP contribution in [0.2, 0.25) is 0 Å². The summed E-state index contributed by atoms with van der Waals surface area (Å²) in [7, 11) is 0. The van der Waals surface area contributed by atoms with Crippen LogP contribution in [0.1, 0.15) is 35.7 Å². The van der Waals surface area contributed by atoms with E-state index in [1.165, 1.54) is 0 Å². The first-order valence-electron chi connectivity index (χ1n) is 5.58. The first-order valence-corrected chi connectivity index (χ1v) is 5.58. The highest BCUT2D eigenvalue weighted by Gasteiger charge is 2.27. The molecule has 2 rings (SSSR count). The Kier molecular flexibility index (Phi) is 3.00. The van der Waals surface area contributed by atoms with E-state index in [9.17, 15) is 9.59 Å². The molecule has 1 unspecified atom stereocenters. The van der Waals surface area contributed by atoms with Gasteiger partial charge in [-0.3, -0.25) is 9.59 Å². The third-order valence-corrected chi connectivity index (χ3v) is 2.82. The molecule has 0 radical (unpaired) electrons. The highest BCUT2D eigenvalue weighted by atomic mass is 16.1. The lowest BCUT2D eigenvalue weighted by molar-refractivity contribution is -0.120. The molecule has 0 aliphatic heterocycles. The number of carbonyl (C=O) groups is 2. The highest BCUT2D eigenvalue weighted by Crippen LogP contribution is 2.24. The van der Waals surface area contributed by atoms with E-state index < -0.39 is 5.92 Å². The summed E-state index contributed by atoms with van der Waals surface area (Å²) in [6, 6.07) is 7.40. The van der Waals surface area contributed by atoms with Crippen LogP contribution in [-0.2, 0) is 4.79 Å². The fourth-order valence-electron chi connectivity index (χ4n) is 1.98. The number of fused-ring (bicyclic) bond motifs is 1. The zero-order valence-electron chi connectivity index (χ0n) is 9.27. The molecule has 0 saturated heterocycles. The van der Waals surface area contributed by atoms with E-state index >= 15 is 0 Å². The molecule has 0 saturated carbocycles. The van der Waals surface area contributed by atoms with Gasteiger partial charge in [0.1, 0.15) is 5.78 Å². The lowest BCUT2D eigenvalue weighted by atomic mass is 9.85. The second kappa shape index (κ2) is 4.44. The summed E-state index contributed by atoms with van der Waals surface area (Å²) in [6.07, 6.45) is 4.86. The Morgan fingerprint density at radius 3 is 2.81 bits per heavy atom. The summed E-state index contributed by atoms with van der Waals surface area (Å²) in [5.41, 5.74) is 1.58. The fourth-order valence-corrected chi connectivity index (χ4v) is 1.98. The number of hydrogen-bond acceptors (Lipinski definition) is 2. The summed E-state index contributed by atoms with van der Waals surface area (Å²) in [4.78, 5) is 23.8. The Morgan fingerprint density at radius 2 is 2.06 bits per heavy atom. The number of hydrogen-bond donors (Lipinski definition) is 0. The van der Waals surface area contributed by atoms with Crippen molar-refractivity contribution in [1.29, 1.82) is 0 Å². The summed E-state index contributed by atoms with van der Waals surface area (Å²) in [5.74, 6) is -0.593. The van der Waals surface area contributed by atoms with Crippen LogP contribution < -0.4 is 0 Å². The van der Waals surface area contributed by atoms with Crippen LogP contribution in [0.4, 0.5) is 0 Å². The van der Waals surface area contributed by atoms with Gasteiger partial charge in [-0.15, -0.1) is 0 Å². The van der Waals surface area contributed by atoms with Crippen molar-refractivity contribution < 1.29 is 9.59 Å². The Hall–Kier alpha value is -1.70. The fraction of sp³-hybridized carbons (Fsp3) is 0.286. The van der Waals surface area contributed by atoms with E-state index in [4.69, 9.17) is 0 Å². The summed E-state index contributed by atoms with van der Waals surface area (Å²) < 4.78 is 0. The third kappa shape index (κ3) is 1.83. The number of carbonyl (C=O) groups excluding carboxylic acids is 2. The quantitative estimate of drug-likeness (QED) is 0.725. The second-order valence-corrected chi connectivity index (χ2v) is 4.00. The van der Waals surface area contributed by atoms with Gasteiger partial charge in [0.2, 0.25) is 0 Å². The van der Waals surface area contributed by atoms with Crippen LogP contribution in [0.15, 0.2) is 30.3 Å². The summed E-state index contributed by atoms with van der Waals surface area (Å²) in [6.45, 7) is 1.95. The van der Waals surface area contributed by atoms with Gasteiger partial charge in [0.05, 0.1) is 5.92 Å². The number of Topliss-reactive ketones (excluding diaryl/α,β-unsaturated/α-hetero) is 2. The minimum atomic E-state index is -0.560. The van der Waals surface area contributed by atoms with Gasteiger partial charge in [-0.25, -0.2) is 0 Å². The lowest BCUT2D eigenvalue weighted by Gasteiger charge is -2.16. The molecule has 0 N–H and O–H groups in total. The SMILES string of the molecule is CCCC(=O)C1C=Cc2ccccc2C1=O. The number of allylic oxidation sites excluding steroid dienone is 1. The van der Waals surface area contributed by atoms with Crippen molar-refractivity contribution in [2.24, 2.45) is 5.92 Å². The molecular weight excluding hydrogens is 200 g/mol. The van der Waals surface area contributed by atoms with Crippen molar-refractivity contribution in [1.82, 2.24) is 0 Å². The van der Waals surface area contributed by atoms with E-state index in [2.05, 4.69) is 0 Å². The van der Waals surface area contributed by atoms with Crippen molar-refractivity contribution in [2.75, 3.05) is 0 Å². The zero-order chi connectivity index (χ0) is 11.5. The molecule has 0 spiro atoms. The Bertz CT molecular complexity index is 458. The molecule has 2 heteroatoms. The molecule has 0 aromatic heterocycles. The monoisotopic (exact) mass is 214 g/mol. The van der Waals surface area contributed by atoms with E-state index in [0.29, 0.717) is 12.0 Å². The molecule has 1 aromatic rings. The lowest BCUT2D eigenvalue weighted by Crippen LogP contribution is -2.24. The Balaban J connectivity index is 2.31. The molecular formula is C14H14O2. The molecule has 1 atom stereocenters. The average molecular weight is 214 g/mol. The summed E-state index contributed by atoms with van der Waals surface area (Å²) >= 11 is 0. The topological polar surface area (TPSA) is 34.1 Å². The van der Waals surface area contributed by atoms with E-state index in [1.54, 1.807) is 12.1 Å². The van der Waals surface area contributed by atoms with Crippen LogP contribution in [0, 0.1) is 5.92 Å². The molecule has 2 nitrogen and oxygen atoms in total. The van der Waals surface area contributed by atoms with Gasteiger partial charge in [-0.1, -0.05) is 43.3 Å². The van der Waals surface area contributed by atoms with Gasteiger partial charge in [0, 0.05) is 12.0 Å². The standard InChI is InChI=1S/C14H14O2/c1-2-5-13(15)12-9-8-10-6-3-4-7-11(10)14(12)16/h3-4,6-9,12H,2,5H2,1H3. The Labute approximate surface area is 95.0 Å². The largest absolute Gasteiger partial charge is 0.299 e. The van der Waals surface area contributed by atoms with Crippen LogP contribution in [-0.4, -0.2) is 11.6 Å². The van der Waals surface area contributed by atoms with Gasteiger partial charge in [0.25, 0.3) is 0 Å². The van der Waals surface area contributed by atoms with Gasteiger partial charge in [-0.05, 0) is 12.0 Å². The van der Waals surface area contributed by atoms with Crippen molar-refractivity contribution in [2.45, 2.75) is 19.8 Å². The van der Waals surface area contributed by atoms with Gasteiger partial charge < -0.3 is 0 Å². The van der Waals surface area contributed by atoms with E-state index in [0.717, 1.165) is 12.0 Å². The molecule has 1 aromatic carbocycles. The normalized spacial score (nSPS) is 18.3.